The van der Waals surface area contributed by atoms with Crippen molar-refractivity contribution in [1.82, 2.24) is 9.55 Å². The van der Waals surface area contributed by atoms with E-state index in [9.17, 15) is 14.7 Å². The summed E-state index contributed by atoms with van der Waals surface area (Å²) in [4.78, 5) is 28.3. The lowest BCUT2D eigenvalue weighted by atomic mass is 10.0. The molecule has 4 aromatic rings. The molecule has 4 rings (SSSR count). The van der Waals surface area contributed by atoms with Gasteiger partial charge in [-0.1, -0.05) is 41.4 Å². The summed E-state index contributed by atoms with van der Waals surface area (Å²) >= 11 is 12.4. The van der Waals surface area contributed by atoms with Crippen LogP contribution in [0.5, 0.6) is 0 Å². The van der Waals surface area contributed by atoms with E-state index in [2.05, 4.69) is 4.98 Å². The lowest BCUT2D eigenvalue weighted by molar-refractivity contribution is 0.0695. The molecule has 7 heteroatoms. The summed E-state index contributed by atoms with van der Waals surface area (Å²) in [6.45, 7) is 0.260. The Hall–Kier alpha value is -3.15. The SMILES string of the molecule is O=C(O)c1cn(Cc2cccc(Cl)c2Cl)c2cc(-c3ccncc3)ccc2c1=O. The highest BCUT2D eigenvalue weighted by atomic mass is 35.5. The average molecular weight is 425 g/mol. The van der Waals surface area contributed by atoms with Crippen LogP contribution < -0.4 is 5.43 Å². The number of fused-ring (bicyclic) bond motifs is 1. The van der Waals surface area contributed by atoms with Crippen molar-refractivity contribution >= 4 is 40.1 Å². The van der Waals surface area contributed by atoms with E-state index in [0.29, 0.717) is 20.9 Å². The molecule has 0 atom stereocenters. The number of nitrogens with zero attached hydrogens (tertiary/aromatic N) is 2. The second-order valence-electron chi connectivity index (χ2n) is 6.49. The van der Waals surface area contributed by atoms with Crippen LogP contribution in [-0.2, 0) is 6.54 Å². The maximum atomic E-state index is 12.7. The Labute approximate surface area is 175 Å². The Balaban J connectivity index is 1.97. The summed E-state index contributed by atoms with van der Waals surface area (Å²) in [6.07, 6.45) is 4.72. The number of halogens is 2. The molecule has 2 heterocycles. The van der Waals surface area contributed by atoms with Crippen LogP contribution in [-0.4, -0.2) is 20.6 Å². The van der Waals surface area contributed by atoms with Gasteiger partial charge in [-0.05, 0) is 47.0 Å². The summed E-state index contributed by atoms with van der Waals surface area (Å²) < 4.78 is 1.71. The molecule has 0 aliphatic rings. The van der Waals surface area contributed by atoms with Crippen molar-refractivity contribution in [1.29, 1.82) is 0 Å². The Morgan fingerprint density at radius 2 is 1.79 bits per heavy atom. The highest BCUT2D eigenvalue weighted by Gasteiger charge is 2.16. The molecule has 0 unspecified atom stereocenters. The molecule has 29 heavy (non-hydrogen) atoms. The molecule has 2 aromatic heterocycles. The van der Waals surface area contributed by atoms with Gasteiger partial charge in [-0.3, -0.25) is 9.78 Å². The third-order valence-corrected chi connectivity index (χ3v) is 5.56. The molecule has 5 nitrogen and oxygen atoms in total. The van der Waals surface area contributed by atoms with Crippen molar-refractivity contribution in [2.75, 3.05) is 0 Å². The number of hydrogen-bond acceptors (Lipinski definition) is 3. The first-order chi connectivity index (χ1) is 14.0. The van der Waals surface area contributed by atoms with Gasteiger partial charge in [-0.15, -0.1) is 0 Å². The minimum absolute atomic E-state index is 0.260. The predicted molar refractivity (Wildman–Crippen MR) is 114 cm³/mol. The van der Waals surface area contributed by atoms with Crippen molar-refractivity contribution in [2.45, 2.75) is 6.54 Å². The van der Waals surface area contributed by atoms with Gasteiger partial charge in [-0.2, -0.15) is 0 Å². The molecule has 0 saturated carbocycles. The zero-order valence-corrected chi connectivity index (χ0v) is 16.5. The first kappa shape index (κ1) is 19.2. The van der Waals surface area contributed by atoms with E-state index in [0.717, 1.165) is 16.7 Å². The second-order valence-corrected chi connectivity index (χ2v) is 7.27. The van der Waals surface area contributed by atoms with Crippen molar-refractivity contribution in [2.24, 2.45) is 0 Å². The van der Waals surface area contributed by atoms with Gasteiger partial charge in [-0.25, -0.2) is 4.79 Å². The zero-order valence-electron chi connectivity index (χ0n) is 15.0. The van der Waals surface area contributed by atoms with Gasteiger partial charge in [0.2, 0.25) is 5.43 Å². The van der Waals surface area contributed by atoms with Crippen LogP contribution in [0.15, 0.2) is 71.9 Å². The fraction of sp³-hybridized carbons (Fsp3) is 0.0455. The van der Waals surface area contributed by atoms with E-state index < -0.39 is 11.4 Å². The Morgan fingerprint density at radius 1 is 1.03 bits per heavy atom. The largest absolute Gasteiger partial charge is 0.477 e. The molecule has 0 fully saturated rings. The molecule has 0 saturated heterocycles. The van der Waals surface area contributed by atoms with Crippen LogP contribution in [0.25, 0.3) is 22.0 Å². The maximum absolute atomic E-state index is 12.7. The monoisotopic (exact) mass is 424 g/mol. The highest BCUT2D eigenvalue weighted by Crippen LogP contribution is 2.28. The number of pyridine rings is 2. The molecule has 0 radical (unpaired) electrons. The summed E-state index contributed by atoms with van der Waals surface area (Å²) in [6, 6.07) is 14.3. The van der Waals surface area contributed by atoms with Gasteiger partial charge in [0.25, 0.3) is 0 Å². The molecule has 1 N–H and O–H groups in total. The quantitative estimate of drug-likeness (QED) is 0.493. The van der Waals surface area contributed by atoms with E-state index in [1.165, 1.54) is 6.20 Å². The van der Waals surface area contributed by atoms with Crippen LogP contribution >= 0.6 is 23.2 Å². The Kier molecular flexibility index (Phi) is 5.09. The second kappa shape index (κ2) is 7.70. The number of hydrogen-bond donors (Lipinski definition) is 1. The van der Waals surface area contributed by atoms with Gasteiger partial charge >= 0.3 is 5.97 Å². The summed E-state index contributed by atoms with van der Waals surface area (Å²) in [5, 5.41) is 10.6. The summed E-state index contributed by atoms with van der Waals surface area (Å²) in [5.74, 6) is -1.28. The van der Waals surface area contributed by atoms with Crippen molar-refractivity contribution in [3.8, 4) is 11.1 Å². The molecule has 2 aromatic carbocycles. The van der Waals surface area contributed by atoms with E-state index in [-0.39, 0.29) is 12.1 Å². The fourth-order valence-corrected chi connectivity index (χ4v) is 3.63. The molecule has 0 amide bonds. The third kappa shape index (κ3) is 3.62. The number of carboxylic acids is 1. The smallest absolute Gasteiger partial charge is 0.341 e. The van der Waals surface area contributed by atoms with Crippen molar-refractivity contribution in [3.05, 3.63) is 98.5 Å². The van der Waals surface area contributed by atoms with Crippen LogP contribution in [0.1, 0.15) is 15.9 Å². The normalized spacial score (nSPS) is 11.0. The molecule has 0 spiro atoms. The van der Waals surface area contributed by atoms with Crippen LogP contribution in [0, 0.1) is 0 Å². The van der Waals surface area contributed by atoms with Crippen LogP contribution in [0.3, 0.4) is 0 Å². The average Bonchev–Trinajstić information content (AvgIpc) is 2.73. The number of benzene rings is 2. The lowest BCUT2D eigenvalue weighted by Gasteiger charge is -2.15. The minimum atomic E-state index is -1.28. The third-order valence-electron chi connectivity index (χ3n) is 4.70. The number of rotatable bonds is 4. The maximum Gasteiger partial charge on any atom is 0.341 e. The molecule has 0 bridgehead atoms. The number of carboxylic acid groups (broad SMARTS) is 1. The Bertz CT molecular complexity index is 1300. The van der Waals surface area contributed by atoms with Crippen molar-refractivity contribution in [3.63, 3.8) is 0 Å². The molecule has 144 valence electrons. The van der Waals surface area contributed by atoms with E-state index >= 15 is 0 Å². The Morgan fingerprint density at radius 3 is 2.52 bits per heavy atom. The van der Waals surface area contributed by atoms with Gasteiger partial charge in [0.1, 0.15) is 5.56 Å². The van der Waals surface area contributed by atoms with Crippen LogP contribution in [0.2, 0.25) is 10.0 Å². The molecule has 0 aliphatic heterocycles. The van der Waals surface area contributed by atoms with Crippen molar-refractivity contribution < 1.29 is 9.90 Å². The standard InChI is InChI=1S/C22H14Cl2N2O3/c23-18-3-1-2-15(20(18)24)11-26-12-17(22(28)29)21(27)16-5-4-14(10-19(16)26)13-6-8-25-9-7-13/h1-10,12H,11H2,(H,28,29). The number of aromatic nitrogens is 2. The minimum Gasteiger partial charge on any atom is -0.477 e. The molecular formula is C22H14Cl2N2O3. The van der Waals surface area contributed by atoms with Gasteiger partial charge in [0, 0.05) is 30.5 Å². The first-order valence-corrected chi connectivity index (χ1v) is 9.45. The fourth-order valence-electron chi connectivity index (χ4n) is 3.25. The predicted octanol–water partition coefficient (Wildman–Crippen LogP) is 5.12. The van der Waals surface area contributed by atoms with Gasteiger partial charge < -0.3 is 9.67 Å². The van der Waals surface area contributed by atoms with Gasteiger partial charge in [0.15, 0.2) is 0 Å². The summed E-state index contributed by atoms with van der Waals surface area (Å²) in [5.41, 5.74) is 2.31. The van der Waals surface area contributed by atoms with E-state index in [1.54, 1.807) is 41.2 Å². The number of aromatic carboxylic acids is 1. The van der Waals surface area contributed by atoms with E-state index in [1.807, 2.05) is 24.3 Å². The topological polar surface area (TPSA) is 72.2 Å². The summed E-state index contributed by atoms with van der Waals surface area (Å²) in [7, 11) is 0. The lowest BCUT2D eigenvalue weighted by Crippen LogP contribution is -2.19. The van der Waals surface area contributed by atoms with Gasteiger partial charge in [0.05, 0.1) is 15.6 Å². The number of carbonyl (C=O) groups is 1. The zero-order chi connectivity index (χ0) is 20.5. The molecular weight excluding hydrogens is 411 g/mol. The first-order valence-electron chi connectivity index (χ1n) is 8.69. The highest BCUT2D eigenvalue weighted by molar-refractivity contribution is 6.42. The van der Waals surface area contributed by atoms with Crippen LogP contribution in [0.4, 0.5) is 0 Å². The molecule has 0 aliphatic carbocycles. The van der Waals surface area contributed by atoms with E-state index in [4.69, 9.17) is 23.2 Å².